The molecular weight excluding hydrogens is 238 g/mol. The summed E-state index contributed by atoms with van der Waals surface area (Å²) in [5, 5.41) is 0. The Morgan fingerprint density at radius 2 is 1.94 bits per heavy atom. The molecule has 0 aromatic rings. The molecule has 1 saturated carbocycles. The van der Waals surface area contributed by atoms with Gasteiger partial charge < -0.3 is 5.73 Å². The summed E-state index contributed by atoms with van der Waals surface area (Å²) in [6.45, 7) is 2.56. The van der Waals surface area contributed by atoms with Crippen LogP contribution in [0.4, 0.5) is 0 Å². The van der Waals surface area contributed by atoms with Crippen LogP contribution in [0.25, 0.3) is 0 Å². The average molecular weight is 263 g/mol. The third-order valence-electron chi connectivity index (χ3n) is 3.92. The lowest BCUT2D eigenvalue weighted by Gasteiger charge is -2.45. The second-order valence-electron chi connectivity index (χ2n) is 5.39. The molecule has 0 bridgehead atoms. The monoisotopic (exact) mass is 263 g/mol. The normalized spacial score (nSPS) is 31.1. The van der Waals surface area contributed by atoms with Crippen molar-refractivity contribution < 1.29 is 8.42 Å². The van der Waals surface area contributed by atoms with Crippen molar-refractivity contribution in [1.82, 2.24) is 8.61 Å². The first-order chi connectivity index (χ1) is 7.76. The standard InChI is InChI=1S/C11H25N3O2S/c1-10-6-5-7-11(8-10,9-12)14(4)17(15,16)13(2)3/h10H,5-9,12H2,1-4H3. The zero-order chi connectivity index (χ0) is 13.3. The van der Waals surface area contributed by atoms with E-state index in [9.17, 15) is 8.42 Å². The number of nitrogens with two attached hydrogens (primary N) is 1. The van der Waals surface area contributed by atoms with Gasteiger partial charge in [0.15, 0.2) is 0 Å². The van der Waals surface area contributed by atoms with Crippen molar-refractivity contribution in [2.75, 3.05) is 27.7 Å². The number of nitrogens with zero attached hydrogens (tertiary/aromatic N) is 2. The summed E-state index contributed by atoms with van der Waals surface area (Å²) in [6, 6.07) is 0. The van der Waals surface area contributed by atoms with E-state index in [1.807, 2.05) is 0 Å². The van der Waals surface area contributed by atoms with Gasteiger partial charge in [0, 0.05) is 33.2 Å². The smallest absolute Gasteiger partial charge is 0.281 e. The number of hydrogen-bond acceptors (Lipinski definition) is 3. The quantitative estimate of drug-likeness (QED) is 0.809. The predicted octanol–water partition coefficient (Wildman–Crippen LogP) is 0.632. The van der Waals surface area contributed by atoms with Crippen LogP contribution in [-0.2, 0) is 10.2 Å². The maximum atomic E-state index is 12.2. The van der Waals surface area contributed by atoms with Gasteiger partial charge in [0.05, 0.1) is 0 Å². The Morgan fingerprint density at radius 3 is 2.35 bits per heavy atom. The Labute approximate surface area is 105 Å². The van der Waals surface area contributed by atoms with Gasteiger partial charge in [0.25, 0.3) is 10.2 Å². The largest absolute Gasteiger partial charge is 0.329 e. The highest BCUT2D eigenvalue weighted by molar-refractivity contribution is 7.86. The minimum Gasteiger partial charge on any atom is -0.329 e. The van der Waals surface area contributed by atoms with Crippen LogP contribution in [-0.4, -0.2) is 50.3 Å². The van der Waals surface area contributed by atoms with E-state index >= 15 is 0 Å². The van der Waals surface area contributed by atoms with Gasteiger partial charge >= 0.3 is 0 Å². The fraction of sp³-hybridized carbons (Fsp3) is 1.00. The van der Waals surface area contributed by atoms with E-state index in [0.717, 1.165) is 25.7 Å². The lowest BCUT2D eigenvalue weighted by Crippen LogP contribution is -2.58. The van der Waals surface area contributed by atoms with Gasteiger partial charge in [-0.1, -0.05) is 19.8 Å². The molecule has 2 N–H and O–H groups in total. The maximum Gasteiger partial charge on any atom is 0.281 e. The van der Waals surface area contributed by atoms with Crippen LogP contribution < -0.4 is 5.73 Å². The Hall–Kier alpha value is -0.170. The Morgan fingerprint density at radius 1 is 1.35 bits per heavy atom. The molecule has 0 aromatic carbocycles. The highest BCUT2D eigenvalue weighted by atomic mass is 32.2. The fourth-order valence-corrected chi connectivity index (χ4v) is 3.94. The molecule has 6 heteroatoms. The molecular formula is C11H25N3O2S. The van der Waals surface area contributed by atoms with E-state index in [-0.39, 0.29) is 0 Å². The van der Waals surface area contributed by atoms with Crippen molar-refractivity contribution in [2.24, 2.45) is 11.7 Å². The van der Waals surface area contributed by atoms with Gasteiger partial charge in [-0.05, 0) is 18.8 Å². The van der Waals surface area contributed by atoms with Crippen molar-refractivity contribution in [3.63, 3.8) is 0 Å². The molecule has 0 spiro atoms. The van der Waals surface area contributed by atoms with Gasteiger partial charge in [0.1, 0.15) is 0 Å². The molecule has 1 aliphatic carbocycles. The summed E-state index contributed by atoms with van der Waals surface area (Å²) < 4.78 is 27.1. The molecule has 0 saturated heterocycles. The predicted molar refractivity (Wildman–Crippen MR) is 69.8 cm³/mol. The molecule has 2 atom stereocenters. The summed E-state index contributed by atoms with van der Waals surface area (Å²) in [7, 11) is 1.38. The average Bonchev–Trinajstić information content (AvgIpc) is 2.27. The minimum absolute atomic E-state index is 0.390. The van der Waals surface area contributed by atoms with E-state index in [2.05, 4.69) is 6.92 Å². The third-order valence-corrected chi connectivity index (χ3v) is 5.93. The molecule has 17 heavy (non-hydrogen) atoms. The van der Waals surface area contributed by atoms with E-state index in [1.54, 1.807) is 21.1 Å². The molecule has 2 unspecified atom stereocenters. The first-order valence-corrected chi connectivity index (χ1v) is 7.52. The van der Waals surface area contributed by atoms with Gasteiger partial charge in [0.2, 0.25) is 0 Å². The molecule has 0 aliphatic heterocycles. The summed E-state index contributed by atoms with van der Waals surface area (Å²) in [6.07, 6.45) is 3.92. The van der Waals surface area contributed by atoms with Gasteiger partial charge in [-0.3, -0.25) is 0 Å². The lowest BCUT2D eigenvalue weighted by atomic mass is 9.76. The second-order valence-corrected chi connectivity index (χ2v) is 7.56. The molecule has 5 nitrogen and oxygen atoms in total. The minimum atomic E-state index is -3.38. The fourth-order valence-electron chi connectivity index (χ4n) is 2.72. The van der Waals surface area contributed by atoms with E-state index in [0.29, 0.717) is 12.5 Å². The number of likely N-dealkylation sites (N-methyl/N-ethyl adjacent to an activating group) is 1. The number of rotatable bonds is 4. The SMILES string of the molecule is CC1CCCC(CN)(N(C)S(=O)(=O)N(C)C)C1. The van der Waals surface area contributed by atoms with Crippen molar-refractivity contribution in [1.29, 1.82) is 0 Å². The molecule has 1 rings (SSSR count). The second kappa shape index (κ2) is 5.22. The molecule has 0 radical (unpaired) electrons. The Bertz CT molecular complexity index is 356. The van der Waals surface area contributed by atoms with E-state index in [1.165, 1.54) is 8.61 Å². The molecule has 0 heterocycles. The first kappa shape index (κ1) is 14.9. The van der Waals surface area contributed by atoms with Crippen molar-refractivity contribution in [2.45, 2.75) is 38.1 Å². The molecule has 0 aromatic heterocycles. The van der Waals surface area contributed by atoms with Crippen LogP contribution in [0.2, 0.25) is 0 Å². The van der Waals surface area contributed by atoms with Gasteiger partial charge in [-0.25, -0.2) is 0 Å². The Balaban J connectivity index is 3.01. The lowest BCUT2D eigenvalue weighted by molar-refractivity contribution is 0.123. The van der Waals surface area contributed by atoms with E-state index < -0.39 is 15.7 Å². The molecule has 0 amide bonds. The van der Waals surface area contributed by atoms with Crippen LogP contribution >= 0.6 is 0 Å². The highest BCUT2D eigenvalue weighted by Gasteiger charge is 2.43. The first-order valence-electron chi connectivity index (χ1n) is 6.13. The van der Waals surface area contributed by atoms with Crippen LogP contribution in [0, 0.1) is 5.92 Å². The van der Waals surface area contributed by atoms with Crippen molar-refractivity contribution >= 4 is 10.2 Å². The molecule has 102 valence electrons. The summed E-state index contributed by atoms with van der Waals surface area (Å²) in [4.78, 5) is 0. The topological polar surface area (TPSA) is 66.6 Å². The summed E-state index contributed by atoms with van der Waals surface area (Å²) in [5.41, 5.74) is 5.47. The van der Waals surface area contributed by atoms with Crippen LogP contribution in [0.5, 0.6) is 0 Å². The van der Waals surface area contributed by atoms with Crippen LogP contribution in [0.1, 0.15) is 32.6 Å². The Kier molecular flexibility index (Phi) is 4.57. The summed E-state index contributed by atoms with van der Waals surface area (Å²) >= 11 is 0. The molecule has 1 fully saturated rings. The highest BCUT2D eigenvalue weighted by Crippen LogP contribution is 2.37. The van der Waals surface area contributed by atoms with Gasteiger partial charge in [-0.15, -0.1) is 0 Å². The third kappa shape index (κ3) is 2.81. The van der Waals surface area contributed by atoms with Crippen molar-refractivity contribution in [3.05, 3.63) is 0 Å². The van der Waals surface area contributed by atoms with Gasteiger partial charge in [-0.2, -0.15) is 17.0 Å². The zero-order valence-corrected chi connectivity index (χ0v) is 12.1. The van der Waals surface area contributed by atoms with Crippen molar-refractivity contribution in [3.8, 4) is 0 Å². The van der Waals surface area contributed by atoms with Crippen LogP contribution in [0.3, 0.4) is 0 Å². The maximum absolute atomic E-state index is 12.2. The zero-order valence-electron chi connectivity index (χ0n) is 11.3. The van der Waals surface area contributed by atoms with E-state index in [4.69, 9.17) is 5.73 Å². The number of hydrogen-bond donors (Lipinski definition) is 1. The summed E-state index contributed by atoms with van der Waals surface area (Å²) in [5.74, 6) is 0.534. The molecule has 1 aliphatic rings. The van der Waals surface area contributed by atoms with Crippen LogP contribution in [0.15, 0.2) is 0 Å².